The first-order chi connectivity index (χ1) is 8.63. The summed E-state index contributed by atoms with van der Waals surface area (Å²) in [7, 11) is 1.87. The second kappa shape index (κ2) is 8.08. The van der Waals surface area contributed by atoms with Crippen molar-refractivity contribution >= 4 is 11.9 Å². The zero-order valence-electron chi connectivity index (χ0n) is 11.1. The summed E-state index contributed by atoms with van der Waals surface area (Å²) in [6.07, 6.45) is 4.73. The Balaban J connectivity index is 2.10. The number of hydrogen-bond donors (Lipinski definition) is 3. The van der Waals surface area contributed by atoms with Crippen molar-refractivity contribution in [2.24, 2.45) is 11.8 Å². The molecule has 104 valence electrons. The minimum Gasteiger partial charge on any atom is -0.481 e. The lowest BCUT2D eigenvalue weighted by Gasteiger charge is -2.26. The van der Waals surface area contributed by atoms with Crippen LogP contribution in [0.1, 0.15) is 38.5 Å². The number of carboxylic acid groups (broad SMARTS) is 1. The Bertz CT molecular complexity index is 273. The number of nitrogens with one attached hydrogen (secondary N) is 2. The lowest BCUT2D eigenvalue weighted by molar-refractivity contribution is -0.143. The van der Waals surface area contributed by atoms with Gasteiger partial charge in [-0.2, -0.15) is 0 Å². The third-order valence-electron chi connectivity index (χ3n) is 3.61. The van der Waals surface area contributed by atoms with Gasteiger partial charge in [0.2, 0.25) is 5.91 Å². The number of amides is 1. The van der Waals surface area contributed by atoms with Crippen molar-refractivity contribution in [3.63, 3.8) is 0 Å². The molecule has 18 heavy (non-hydrogen) atoms. The van der Waals surface area contributed by atoms with Crippen molar-refractivity contribution in [1.82, 2.24) is 10.6 Å². The summed E-state index contributed by atoms with van der Waals surface area (Å²) in [5, 5.41) is 14.8. The second-order valence-electron chi connectivity index (χ2n) is 5.07. The first kappa shape index (κ1) is 15.0. The summed E-state index contributed by atoms with van der Waals surface area (Å²) in [6.45, 7) is 1.56. The van der Waals surface area contributed by atoms with Gasteiger partial charge in [-0.3, -0.25) is 9.59 Å². The minimum atomic E-state index is -0.676. The Kier molecular flexibility index (Phi) is 6.72. The molecule has 0 bridgehead atoms. The highest BCUT2D eigenvalue weighted by atomic mass is 16.4. The molecule has 0 spiro atoms. The summed E-state index contributed by atoms with van der Waals surface area (Å²) in [4.78, 5) is 22.3. The normalized spacial score (nSPS) is 23.6. The molecule has 0 atom stereocenters. The molecule has 0 radical (unpaired) electrons. The van der Waals surface area contributed by atoms with Crippen LogP contribution in [-0.2, 0) is 9.59 Å². The average molecular weight is 256 g/mol. The highest BCUT2D eigenvalue weighted by Gasteiger charge is 2.25. The molecule has 0 aromatic carbocycles. The number of carbonyl (C=O) groups excluding carboxylic acids is 1. The quantitative estimate of drug-likeness (QED) is 0.594. The monoisotopic (exact) mass is 256 g/mol. The molecule has 1 aliphatic rings. The predicted octanol–water partition coefficient (Wildman–Crippen LogP) is 0.993. The lowest BCUT2D eigenvalue weighted by atomic mass is 9.82. The van der Waals surface area contributed by atoms with Gasteiger partial charge in [-0.1, -0.05) is 0 Å². The maximum absolute atomic E-state index is 11.5. The lowest BCUT2D eigenvalue weighted by Crippen LogP contribution is -2.32. The standard InChI is InChI=1S/C13H24N2O3/c1-14-8-2-3-12(16)15-9-10-4-6-11(7-5-10)13(17)18/h10-11,14H,2-9H2,1H3,(H,15,16)(H,17,18). The SMILES string of the molecule is CNCCCC(=O)NCC1CCC(C(=O)O)CC1. The summed E-state index contributed by atoms with van der Waals surface area (Å²) in [6, 6.07) is 0. The molecule has 5 nitrogen and oxygen atoms in total. The average Bonchev–Trinajstić information content (AvgIpc) is 2.37. The predicted molar refractivity (Wildman–Crippen MR) is 69.3 cm³/mol. The van der Waals surface area contributed by atoms with Crippen LogP contribution in [0.5, 0.6) is 0 Å². The van der Waals surface area contributed by atoms with Gasteiger partial charge < -0.3 is 15.7 Å². The molecule has 1 fully saturated rings. The van der Waals surface area contributed by atoms with Crippen LogP contribution in [0.2, 0.25) is 0 Å². The molecule has 0 aromatic rings. The van der Waals surface area contributed by atoms with E-state index >= 15 is 0 Å². The van der Waals surface area contributed by atoms with Crippen molar-refractivity contribution in [1.29, 1.82) is 0 Å². The molecule has 5 heteroatoms. The fourth-order valence-corrected chi connectivity index (χ4v) is 2.39. The van der Waals surface area contributed by atoms with E-state index in [1.165, 1.54) is 0 Å². The molecule has 0 unspecified atom stereocenters. The van der Waals surface area contributed by atoms with Crippen LogP contribution in [0.15, 0.2) is 0 Å². The zero-order chi connectivity index (χ0) is 13.4. The number of rotatable bonds is 7. The van der Waals surface area contributed by atoms with E-state index in [4.69, 9.17) is 5.11 Å². The topological polar surface area (TPSA) is 78.4 Å². The fraction of sp³-hybridized carbons (Fsp3) is 0.846. The van der Waals surface area contributed by atoms with Gasteiger partial charge >= 0.3 is 5.97 Å². The summed E-state index contributed by atoms with van der Waals surface area (Å²) < 4.78 is 0. The van der Waals surface area contributed by atoms with Gasteiger partial charge in [0.25, 0.3) is 0 Å². The Hall–Kier alpha value is -1.10. The zero-order valence-corrected chi connectivity index (χ0v) is 11.1. The van der Waals surface area contributed by atoms with E-state index in [-0.39, 0.29) is 11.8 Å². The molecule has 0 aliphatic heterocycles. The van der Waals surface area contributed by atoms with E-state index in [1.54, 1.807) is 0 Å². The molecular weight excluding hydrogens is 232 g/mol. The van der Waals surface area contributed by atoms with Crippen LogP contribution < -0.4 is 10.6 Å². The van der Waals surface area contributed by atoms with E-state index in [0.717, 1.165) is 38.6 Å². The fourth-order valence-electron chi connectivity index (χ4n) is 2.39. The Morgan fingerprint density at radius 3 is 2.44 bits per heavy atom. The maximum Gasteiger partial charge on any atom is 0.306 e. The Labute approximate surface area is 108 Å². The summed E-state index contributed by atoms with van der Waals surface area (Å²) in [5.74, 6) is -0.295. The van der Waals surface area contributed by atoms with E-state index < -0.39 is 5.97 Å². The first-order valence-corrected chi connectivity index (χ1v) is 6.77. The van der Waals surface area contributed by atoms with Gasteiger partial charge in [0.05, 0.1) is 5.92 Å². The molecular formula is C13H24N2O3. The third kappa shape index (κ3) is 5.49. The molecule has 1 amide bonds. The highest BCUT2D eigenvalue weighted by Crippen LogP contribution is 2.28. The molecule has 3 N–H and O–H groups in total. The van der Waals surface area contributed by atoms with E-state index in [0.29, 0.717) is 18.9 Å². The smallest absolute Gasteiger partial charge is 0.306 e. The van der Waals surface area contributed by atoms with Crippen LogP contribution in [0.25, 0.3) is 0 Å². The maximum atomic E-state index is 11.5. The molecule has 0 heterocycles. The van der Waals surface area contributed by atoms with Gasteiger partial charge in [-0.05, 0) is 51.6 Å². The first-order valence-electron chi connectivity index (χ1n) is 6.77. The number of carboxylic acids is 1. The van der Waals surface area contributed by atoms with Gasteiger partial charge in [-0.25, -0.2) is 0 Å². The Morgan fingerprint density at radius 2 is 1.89 bits per heavy atom. The van der Waals surface area contributed by atoms with Crippen LogP contribution >= 0.6 is 0 Å². The molecule has 1 saturated carbocycles. The minimum absolute atomic E-state index is 0.102. The van der Waals surface area contributed by atoms with Crippen molar-refractivity contribution in [3.05, 3.63) is 0 Å². The molecule has 1 aliphatic carbocycles. The highest BCUT2D eigenvalue weighted by molar-refractivity contribution is 5.75. The van der Waals surface area contributed by atoms with E-state index in [9.17, 15) is 9.59 Å². The second-order valence-corrected chi connectivity index (χ2v) is 5.07. The van der Waals surface area contributed by atoms with Crippen molar-refractivity contribution in [2.45, 2.75) is 38.5 Å². The van der Waals surface area contributed by atoms with Crippen molar-refractivity contribution in [3.8, 4) is 0 Å². The third-order valence-corrected chi connectivity index (χ3v) is 3.61. The van der Waals surface area contributed by atoms with Crippen molar-refractivity contribution in [2.75, 3.05) is 20.1 Å². The van der Waals surface area contributed by atoms with Crippen LogP contribution in [-0.4, -0.2) is 37.1 Å². The van der Waals surface area contributed by atoms with Crippen LogP contribution in [0.3, 0.4) is 0 Å². The van der Waals surface area contributed by atoms with Gasteiger partial charge in [-0.15, -0.1) is 0 Å². The summed E-state index contributed by atoms with van der Waals surface area (Å²) >= 11 is 0. The largest absolute Gasteiger partial charge is 0.481 e. The van der Waals surface area contributed by atoms with Crippen LogP contribution in [0, 0.1) is 11.8 Å². The Morgan fingerprint density at radius 1 is 1.22 bits per heavy atom. The van der Waals surface area contributed by atoms with E-state index in [2.05, 4.69) is 10.6 Å². The molecule has 0 aromatic heterocycles. The van der Waals surface area contributed by atoms with Crippen molar-refractivity contribution < 1.29 is 14.7 Å². The van der Waals surface area contributed by atoms with Gasteiger partial charge in [0, 0.05) is 13.0 Å². The molecule has 1 rings (SSSR count). The van der Waals surface area contributed by atoms with Gasteiger partial charge in [0.15, 0.2) is 0 Å². The molecule has 0 saturated heterocycles. The number of aliphatic carboxylic acids is 1. The number of carbonyl (C=O) groups is 2. The summed E-state index contributed by atoms with van der Waals surface area (Å²) in [5.41, 5.74) is 0. The number of hydrogen-bond acceptors (Lipinski definition) is 3. The van der Waals surface area contributed by atoms with E-state index in [1.807, 2.05) is 7.05 Å². The van der Waals surface area contributed by atoms with Gasteiger partial charge in [0.1, 0.15) is 0 Å². The van der Waals surface area contributed by atoms with Crippen LogP contribution in [0.4, 0.5) is 0 Å².